The zero-order valence-corrected chi connectivity index (χ0v) is 25.6. The normalized spacial score (nSPS) is 22.8. The van der Waals surface area contributed by atoms with Crippen LogP contribution in [0.2, 0.25) is 0 Å². The maximum Gasteiger partial charge on any atom is 0.490 e. The molecule has 6 atom stereocenters. The van der Waals surface area contributed by atoms with E-state index in [-0.39, 0.29) is 23.7 Å². The molecule has 1 saturated heterocycles. The van der Waals surface area contributed by atoms with Crippen LogP contribution in [0.15, 0.2) is 41.3 Å². The highest BCUT2D eigenvalue weighted by Gasteiger charge is 2.54. The number of carboxylic acids is 1. The number of nitrogen functional groups attached to an aromatic ring is 1. The average Bonchev–Trinajstić information content (AvgIpc) is 3.19. The third-order valence-electron chi connectivity index (χ3n) is 6.01. The lowest BCUT2D eigenvalue weighted by atomic mass is 9.96. The number of aliphatic hydroxyl groups is 2. The molecule has 0 bridgehead atoms. The quantitative estimate of drug-likeness (QED) is 0.164. The molecule has 0 radical (unpaired) electrons. The van der Waals surface area contributed by atoms with Crippen molar-refractivity contribution in [2.24, 2.45) is 0 Å². The van der Waals surface area contributed by atoms with Crippen LogP contribution in [0.25, 0.3) is 0 Å². The van der Waals surface area contributed by atoms with Gasteiger partial charge in [0, 0.05) is 6.20 Å². The summed E-state index contributed by atoms with van der Waals surface area (Å²) in [5.41, 5.74) is 2.58. The van der Waals surface area contributed by atoms with Crippen molar-refractivity contribution in [1.29, 1.82) is 0 Å². The van der Waals surface area contributed by atoms with E-state index < -0.39 is 74.2 Å². The molecule has 21 heteroatoms. The number of para-hydroxylation sites is 1. The molecule has 17 nitrogen and oxygen atoms in total. The van der Waals surface area contributed by atoms with Gasteiger partial charge in [-0.25, -0.2) is 18.9 Å². The van der Waals surface area contributed by atoms with Crippen molar-refractivity contribution in [3.05, 3.63) is 52.6 Å². The SMILES string of the molecule is CCOC(=O)[C@H](C)NP(=O)(OC[C@H]1O[C@@H](n2ccc(N)nc2=O)[C@](C)(O)[C@@H]1O)Oc1ccccc1C(=O)OC.O=C(O)C(F)(F)F. The van der Waals surface area contributed by atoms with E-state index in [2.05, 4.69) is 10.1 Å². The number of methoxy groups -OCH3 is 1. The first kappa shape index (κ1) is 38.1. The van der Waals surface area contributed by atoms with E-state index in [0.717, 1.165) is 11.7 Å². The number of nitrogens with one attached hydrogen (secondary N) is 1. The van der Waals surface area contributed by atoms with E-state index in [1.807, 2.05) is 0 Å². The number of esters is 2. The molecule has 256 valence electrons. The maximum atomic E-state index is 13.8. The van der Waals surface area contributed by atoms with E-state index in [1.165, 1.54) is 50.4 Å². The second-order valence-corrected chi connectivity index (χ2v) is 11.2. The first-order valence-corrected chi connectivity index (χ1v) is 14.6. The fourth-order valence-electron chi connectivity index (χ4n) is 3.76. The van der Waals surface area contributed by atoms with Crippen molar-refractivity contribution in [1.82, 2.24) is 14.6 Å². The number of aliphatic carboxylic acids is 1. The van der Waals surface area contributed by atoms with Crippen molar-refractivity contribution in [2.75, 3.05) is 26.1 Å². The van der Waals surface area contributed by atoms with Gasteiger partial charge < -0.3 is 39.8 Å². The number of nitrogens with two attached hydrogens (primary N) is 1. The standard InChI is InChI=1S/C23H31N4O11P.C2HF3O2/c1-5-35-19(29)13(2)26-39(33,38-15-9-7-6-8-14(15)20(30)34-4)36-12-16-18(28)23(3,32)21(37-16)27-11-10-17(24)25-22(27)31;3-2(4,5)1(6)7/h6-11,13,16,18,21,28,32H,5,12H2,1-4H3,(H,26,33)(H2,24,25,31);(H,6,7)/t13-,16+,18+,21+,23+,39?;/m0./s1. The van der Waals surface area contributed by atoms with E-state index in [0.29, 0.717) is 0 Å². The molecule has 0 aliphatic carbocycles. The average molecular weight is 685 g/mol. The number of halogens is 3. The van der Waals surface area contributed by atoms with Gasteiger partial charge >= 0.3 is 37.5 Å². The summed E-state index contributed by atoms with van der Waals surface area (Å²) in [7, 11) is -3.36. The Bertz CT molecular complexity index is 1500. The summed E-state index contributed by atoms with van der Waals surface area (Å²) < 4.78 is 73.0. The Hall–Kier alpha value is -4.07. The van der Waals surface area contributed by atoms with Gasteiger partial charge in [0.15, 0.2) is 6.23 Å². The summed E-state index contributed by atoms with van der Waals surface area (Å²) in [5, 5.41) is 31.3. The fourth-order valence-corrected chi connectivity index (χ4v) is 5.28. The van der Waals surface area contributed by atoms with Crippen molar-refractivity contribution >= 4 is 31.5 Å². The lowest BCUT2D eigenvalue weighted by Crippen LogP contribution is -2.46. The van der Waals surface area contributed by atoms with Gasteiger partial charge in [-0.1, -0.05) is 12.1 Å². The number of carboxylic acid groups (broad SMARTS) is 1. The molecule has 6 N–H and O–H groups in total. The minimum Gasteiger partial charge on any atom is -0.475 e. The van der Waals surface area contributed by atoms with E-state index in [4.69, 9.17) is 38.9 Å². The second kappa shape index (κ2) is 15.5. The molecule has 3 rings (SSSR count). The first-order chi connectivity index (χ1) is 21.3. The van der Waals surface area contributed by atoms with Crippen molar-refractivity contribution in [2.45, 2.75) is 57.0 Å². The Morgan fingerprint density at radius 2 is 1.87 bits per heavy atom. The highest BCUT2D eigenvalue weighted by molar-refractivity contribution is 7.52. The minimum atomic E-state index is -5.08. The van der Waals surface area contributed by atoms with Gasteiger partial charge in [-0.3, -0.25) is 13.9 Å². The number of aliphatic hydroxyl groups excluding tert-OH is 1. The van der Waals surface area contributed by atoms with Crippen molar-refractivity contribution in [3.8, 4) is 5.75 Å². The second-order valence-electron chi connectivity index (χ2n) is 9.52. The monoisotopic (exact) mass is 684 g/mol. The molecule has 2 aromatic rings. The zero-order chi connectivity index (χ0) is 35.0. The molecule has 2 heterocycles. The van der Waals surface area contributed by atoms with Gasteiger partial charge in [0.2, 0.25) is 0 Å². The third-order valence-corrected chi connectivity index (χ3v) is 7.64. The Morgan fingerprint density at radius 1 is 1.26 bits per heavy atom. The molecular formula is C25H32F3N4O13P. The Labute approximate surface area is 258 Å². The number of anilines is 1. The van der Waals surface area contributed by atoms with E-state index >= 15 is 0 Å². The van der Waals surface area contributed by atoms with Crippen LogP contribution in [0.5, 0.6) is 5.75 Å². The lowest BCUT2D eigenvalue weighted by molar-refractivity contribution is -0.192. The molecule has 1 fully saturated rings. The number of alkyl halides is 3. The van der Waals surface area contributed by atoms with Crippen LogP contribution in [0.4, 0.5) is 19.0 Å². The summed E-state index contributed by atoms with van der Waals surface area (Å²) in [4.78, 5) is 49.2. The summed E-state index contributed by atoms with van der Waals surface area (Å²) in [6.07, 6.45) is -8.22. The zero-order valence-electron chi connectivity index (χ0n) is 24.7. The minimum absolute atomic E-state index is 0.0542. The van der Waals surface area contributed by atoms with E-state index in [9.17, 15) is 42.3 Å². The number of nitrogens with zero attached hydrogens (tertiary/aromatic N) is 2. The predicted octanol–water partition coefficient (Wildman–Crippen LogP) is 1.000. The Morgan fingerprint density at radius 3 is 2.41 bits per heavy atom. The molecule has 0 saturated carbocycles. The van der Waals surface area contributed by atoms with Crippen LogP contribution in [-0.2, 0) is 32.9 Å². The molecule has 1 aromatic heterocycles. The Kier molecular flexibility index (Phi) is 12.8. The number of ether oxygens (including phenoxy) is 3. The molecule has 1 unspecified atom stereocenters. The number of hydrogen-bond acceptors (Lipinski definition) is 14. The number of aromatic nitrogens is 2. The summed E-state index contributed by atoms with van der Waals surface area (Å²) in [5.74, 6) is -4.55. The molecule has 1 aromatic carbocycles. The predicted molar refractivity (Wildman–Crippen MR) is 148 cm³/mol. The summed E-state index contributed by atoms with van der Waals surface area (Å²) in [6, 6.07) is 5.85. The van der Waals surface area contributed by atoms with Gasteiger partial charge in [0.05, 0.1) is 20.3 Å². The number of carbonyl (C=O) groups is 3. The molecular weight excluding hydrogens is 652 g/mol. The molecule has 1 aliphatic heterocycles. The number of rotatable bonds is 11. The van der Waals surface area contributed by atoms with Gasteiger partial charge in [-0.05, 0) is 39.0 Å². The summed E-state index contributed by atoms with van der Waals surface area (Å²) in [6.45, 7) is 3.58. The maximum absolute atomic E-state index is 13.8. The molecule has 1 aliphatic rings. The van der Waals surface area contributed by atoms with Crippen LogP contribution in [0.3, 0.4) is 0 Å². The third kappa shape index (κ3) is 9.71. The highest BCUT2D eigenvalue weighted by Crippen LogP contribution is 2.47. The van der Waals surface area contributed by atoms with Gasteiger partial charge in [0.25, 0.3) is 0 Å². The number of hydrogen-bond donors (Lipinski definition) is 5. The highest BCUT2D eigenvalue weighted by atomic mass is 31.2. The lowest BCUT2D eigenvalue weighted by Gasteiger charge is -2.27. The molecule has 0 spiro atoms. The van der Waals surface area contributed by atoms with Crippen molar-refractivity contribution < 1.29 is 70.7 Å². The van der Waals surface area contributed by atoms with E-state index in [1.54, 1.807) is 6.92 Å². The molecule has 46 heavy (non-hydrogen) atoms. The first-order valence-electron chi connectivity index (χ1n) is 13.0. The Balaban J connectivity index is 0.000000942. The van der Waals surface area contributed by atoms with Crippen LogP contribution >= 0.6 is 7.75 Å². The van der Waals surface area contributed by atoms with Crippen LogP contribution in [0.1, 0.15) is 37.4 Å². The fraction of sp³-hybridized carbons (Fsp3) is 0.480. The van der Waals surface area contributed by atoms with Crippen LogP contribution in [0, 0.1) is 0 Å². The topological polar surface area (TPSA) is 248 Å². The summed E-state index contributed by atoms with van der Waals surface area (Å²) >= 11 is 0. The number of carbonyl (C=O) groups excluding carboxylic acids is 2. The van der Waals surface area contributed by atoms with Gasteiger partial charge in [-0.15, -0.1) is 0 Å². The van der Waals surface area contributed by atoms with Crippen LogP contribution in [-0.4, -0.2) is 93.1 Å². The molecule has 0 amide bonds. The van der Waals surface area contributed by atoms with Crippen molar-refractivity contribution in [3.63, 3.8) is 0 Å². The smallest absolute Gasteiger partial charge is 0.475 e. The van der Waals surface area contributed by atoms with Gasteiger partial charge in [-0.2, -0.15) is 23.2 Å². The number of benzene rings is 1. The van der Waals surface area contributed by atoms with Crippen LogP contribution < -0.4 is 21.0 Å². The van der Waals surface area contributed by atoms with Gasteiger partial charge in [0.1, 0.15) is 41.0 Å². The largest absolute Gasteiger partial charge is 0.490 e.